The van der Waals surface area contributed by atoms with Crippen LogP contribution in [0.2, 0.25) is 0 Å². The number of fused-ring (bicyclic) bond motifs is 2. The molecule has 2 heterocycles. The molecule has 0 unspecified atom stereocenters. The Morgan fingerprint density at radius 1 is 1.35 bits per heavy atom. The molecular weight excluding hydrogens is 416 g/mol. The van der Waals surface area contributed by atoms with Gasteiger partial charge in [-0.15, -0.1) is 11.3 Å². The van der Waals surface area contributed by atoms with Crippen molar-refractivity contribution in [3.05, 3.63) is 44.5 Å². The number of benzene rings is 1. The van der Waals surface area contributed by atoms with E-state index in [-0.39, 0.29) is 23.8 Å². The number of rotatable bonds is 7. The molecule has 8 heteroatoms. The van der Waals surface area contributed by atoms with Gasteiger partial charge in [0.25, 0.3) is 0 Å². The Bertz CT molecular complexity index is 1060. The number of ether oxygens (including phenoxy) is 2. The van der Waals surface area contributed by atoms with Crippen LogP contribution in [0.4, 0.5) is 5.13 Å². The van der Waals surface area contributed by atoms with Gasteiger partial charge in [0.15, 0.2) is 5.13 Å². The number of cyclic esters (lactones) is 1. The van der Waals surface area contributed by atoms with Gasteiger partial charge in [0.2, 0.25) is 5.91 Å². The van der Waals surface area contributed by atoms with Gasteiger partial charge in [0, 0.05) is 22.4 Å². The number of allylic oxidation sites excluding steroid dienone is 2. The molecule has 0 fully saturated rings. The summed E-state index contributed by atoms with van der Waals surface area (Å²) in [6.45, 7) is 3.96. The zero-order valence-corrected chi connectivity index (χ0v) is 18.8. The van der Waals surface area contributed by atoms with Gasteiger partial charge in [-0.25, -0.2) is 9.78 Å². The largest absolute Gasteiger partial charge is 0.507 e. The number of anilines is 1. The third kappa shape index (κ3) is 4.17. The van der Waals surface area contributed by atoms with Gasteiger partial charge in [-0.3, -0.25) is 4.79 Å². The minimum atomic E-state index is -0.509. The standard InChI is InChI=1S/C23H26N2O5S/c1-12(8-10-18(26)25-23-24-16-5-4-6-17(16)31-23)7-9-14-20(27)19-15(11-30-22(19)28)13(2)21(14)29-3/h7,27H,4-6,8-11H2,1-3H3,(H,24,25,26). The number of aryl methyl sites for hydroxylation is 2. The second kappa shape index (κ2) is 8.70. The Kier molecular flexibility index (Phi) is 6.00. The van der Waals surface area contributed by atoms with Crippen LogP contribution in [-0.2, 0) is 35.4 Å². The molecule has 0 spiro atoms. The summed E-state index contributed by atoms with van der Waals surface area (Å²) < 4.78 is 10.6. The van der Waals surface area contributed by atoms with E-state index in [4.69, 9.17) is 9.47 Å². The van der Waals surface area contributed by atoms with E-state index in [1.54, 1.807) is 18.4 Å². The zero-order chi connectivity index (χ0) is 22.1. The summed E-state index contributed by atoms with van der Waals surface area (Å²) in [4.78, 5) is 30.1. The molecule has 1 aromatic carbocycles. The molecule has 7 nitrogen and oxygen atoms in total. The van der Waals surface area contributed by atoms with Crippen LogP contribution < -0.4 is 10.1 Å². The van der Waals surface area contributed by atoms with E-state index in [2.05, 4.69) is 10.3 Å². The highest BCUT2D eigenvalue weighted by Crippen LogP contribution is 2.42. The van der Waals surface area contributed by atoms with Crippen molar-refractivity contribution in [3.8, 4) is 11.5 Å². The van der Waals surface area contributed by atoms with Gasteiger partial charge < -0.3 is 19.9 Å². The molecular formula is C23H26N2O5S. The van der Waals surface area contributed by atoms with Crippen molar-refractivity contribution in [2.45, 2.75) is 59.0 Å². The molecule has 2 aliphatic rings. The lowest BCUT2D eigenvalue weighted by molar-refractivity contribution is -0.116. The van der Waals surface area contributed by atoms with Gasteiger partial charge in [-0.05, 0) is 51.5 Å². The molecule has 164 valence electrons. The number of methoxy groups -OCH3 is 1. The number of hydrogen-bond donors (Lipinski definition) is 2. The van der Waals surface area contributed by atoms with Crippen molar-refractivity contribution in [1.29, 1.82) is 0 Å². The minimum absolute atomic E-state index is 0.0586. The Hall–Kier alpha value is -2.87. The maximum Gasteiger partial charge on any atom is 0.342 e. The highest BCUT2D eigenvalue weighted by atomic mass is 32.1. The Balaban J connectivity index is 1.40. The fraction of sp³-hybridized carbons (Fsp3) is 0.435. The molecule has 31 heavy (non-hydrogen) atoms. The Morgan fingerprint density at radius 3 is 2.90 bits per heavy atom. The predicted octanol–water partition coefficient (Wildman–Crippen LogP) is 4.23. The van der Waals surface area contributed by atoms with Gasteiger partial charge in [0.1, 0.15) is 23.7 Å². The van der Waals surface area contributed by atoms with Crippen LogP contribution in [0.3, 0.4) is 0 Å². The second-order valence-electron chi connectivity index (χ2n) is 7.96. The topological polar surface area (TPSA) is 97.8 Å². The number of hydrogen-bond acceptors (Lipinski definition) is 7. The van der Waals surface area contributed by atoms with Gasteiger partial charge in [-0.2, -0.15) is 0 Å². The molecule has 0 saturated carbocycles. The van der Waals surface area contributed by atoms with Gasteiger partial charge in [0.05, 0.1) is 12.8 Å². The van der Waals surface area contributed by atoms with Crippen LogP contribution in [0.25, 0.3) is 0 Å². The van der Waals surface area contributed by atoms with E-state index in [9.17, 15) is 14.7 Å². The van der Waals surface area contributed by atoms with Crippen LogP contribution in [0.15, 0.2) is 11.6 Å². The third-order valence-corrected chi connectivity index (χ3v) is 6.96. The summed E-state index contributed by atoms with van der Waals surface area (Å²) in [6.07, 6.45) is 6.49. The lowest BCUT2D eigenvalue weighted by atomic mass is 9.94. The van der Waals surface area contributed by atoms with Gasteiger partial charge in [-0.1, -0.05) is 11.6 Å². The number of nitrogens with zero attached hydrogens (tertiary/aromatic N) is 1. The monoisotopic (exact) mass is 442 g/mol. The fourth-order valence-corrected chi connectivity index (χ4v) is 5.21. The molecule has 0 atom stereocenters. The average Bonchev–Trinajstić information content (AvgIpc) is 3.43. The third-order valence-electron chi connectivity index (χ3n) is 5.89. The number of carbonyl (C=O) groups is 2. The number of amides is 1. The van der Waals surface area contributed by atoms with E-state index in [0.29, 0.717) is 41.3 Å². The van der Waals surface area contributed by atoms with Crippen LogP contribution in [-0.4, -0.2) is 29.1 Å². The normalized spacial score (nSPS) is 14.9. The summed E-state index contributed by atoms with van der Waals surface area (Å²) in [6, 6.07) is 0. The molecule has 1 amide bonds. The predicted molar refractivity (Wildman–Crippen MR) is 118 cm³/mol. The quantitative estimate of drug-likeness (QED) is 0.492. The minimum Gasteiger partial charge on any atom is -0.507 e. The van der Waals surface area contributed by atoms with Gasteiger partial charge >= 0.3 is 5.97 Å². The van der Waals surface area contributed by atoms with Crippen molar-refractivity contribution in [1.82, 2.24) is 4.98 Å². The smallest absolute Gasteiger partial charge is 0.342 e. The van der Waals surface area contributed by atoms with Crippen LogP contribution in [0.5, 0.6) is 11.5 Å². The van der Waals surface area contributed by atoms with Crippen molar-refractivity contribution in [2.24, 2.45) is 0 Å². The number of phenols is 1. The molecule has 1 aromatic heterocycles. The lowest BCUT2D eigenvalue weighted by Crippen LogP contribution is -2.11. The number of aromatic hydroxyl groups is 1. The number of phenolic OH excluding ortho intramolecular Hbond substituents is 1. The zero-order valence-electron chi connectivity index (χ0n) is 18.0. The van der Waals surface area contributed by atoms with E-state index >= 15 is 0 Å². The molecule has 1 aliphatic carbocycles. The van der Waals surface area contributed by atoms with Crippen LogP contribution in [0.1, 0.15) is 63.8 Å². The first-order chi connectivity index (χ1) is 14.9. The number of carbonyl (C=O) groups excluding carboxylic acids is 2. The van der Waals surface area contributed by atoms with Crippen molar-refractivity contribution < 1.29 is 24.2 Å². The molecule has 0 radical (unpaired) electrons. The summed E-state index contributed by atoms with van der Waals surface area (Å²) in [7, 11) is 1.55. The first kappa shape index (κ1) is 21.4. The van der Waals surface area contributed by atoms with E-state index in [0.717, 1.165) is 36.1 Å². The van der Waals surface area contributed by atoms with Crippen molar-refractivity contribution in [3.63, 3.8) is 0 Å². The first-order valence-electron chi connectivity index (χ1n) is 10.4. The summed E-state index contributed by atoms with van der Waals surface area (Å²) >= 11 is 1.57. The summed E-state index contributed by atoms with van der Waals surface area (Å²) in [5, 5.41) is 14.3. The Labute approximate surface area is 185 Å². The number of thiazole rings is 1. The fourth-order valence-electron chi connectivity index (χ4n) is 4.14. The molecule has 1 aliphatic heterocycles. The molecule has 0 saturated heterocycles. The molecule has 2 aromatic rings. The maximum atomic E-state index is 12.3. The van der Waals surface area contributed by atoms with Crippen LogP contribution >= 0.6 is 11.3 Å². The number of esters is 1. The lowest BCUT2D eigenvalue weighted by Gasteiger charge is -2.15. The second-order valence-corrected chi connectivity index (χ2v) is 9.04. The number of aromatic nitrogens is 1. The SMILES string of the molecule is COc1c(C)c2c(c(O)c1CC=C(C)CCC(=O)Nc1nc3c(s1)CCC3)C(=O)OC2. The molecule has 4 rings (SSSR count). The van der Waals surface area contributed by atoms with Crippen LogP contribution in [0, 0.1) is 6.92 Å². The average molecular weight is 443 g/mol. The highest BCUT2D eigenvalue weighted by Gasteiger charge is 2.31. The Morgan fingerprint density at radius 2 is 2.16 bits per heavy atom. The highest BCUT2D eigenvalue weighted by molar-refractivity contribution is 7.15. The maximum absolute atomic E-state index is 12.3. The van der Waals surface area contributed by atoms with Crippen molar-refractivity contribution in [2.75, 3.05) is 12.4 Å². The van der Waals surface area contributed by atoms with E-state index in [1.165, 1.54) is 4.88 Å². The molecule has 2 N–H and O–H groups in total. The molecule has 0 bridgehead atoms. The summed E-state index contributed by atoms with van der Waals surface area (Å²) in [5.74, 6) is -0.0894. The van der Waals surface area contributed by atoms with Crippen molar-refractivity contribution >= 4 is 28.3 Å². The van der Waals surface area contributed by atoms with E-state index < -0.39 is 5.97 Å². The van der Waals surface area contributed by atoms with E-state index in [1.807, 2.05) is 19.9 Å². The number of nitrogens with one attached hydrogen (secondary N) is 1. The summed E-state index contributed by atoms with van der Waals surface area (Å²) in [5.41, 5.74) is 4.40. The first-order valence-corrected chi connectivity index (χ1v) is 11.2.